The number of aliphatic hydroxyl groups is 5. The van der Waals surface area contributed by atoms with Crippen LogP contribution in [0.2, 0.25) is 0 Å². The van der Waals surface area contributed by atoms with E-state index >= 15 is 0 Å². The molecule has 1 aromatic carbocycles. The summed E-state index contributed by atoms with van der Waals surface area (Å²) in [5.74, 6) is -6.66. The Hall–Kier alpha value is -4.31. The molecule has 1 aromatic rings. The predicted octanol–water partition coefficient (Wildman–Crippen LogP) is -2.20. The zero-order chi connectivity index (χ0) is 38.8. The van der Waals surface area contributed by atoms with Gasteiger partial charge in [0.2, 0.25) is 5.75 Å². The molecule has 1 saturated heterocycles. The van der Waals surface area contributed by atoms with Gasteiger partial charge in [-0.2, -0.15) is 0 Å². The predicted molar refractivity (Wildman–Crippen MR) is 167 cm³/mol. The number of methoxy groups -OCH3 is 3. The molecule has 0 amide bonds. The van der Waals surface area contributed by atoms with Gasteiger partial charge in [-0.05, 0) is 45.5 Å². The van der Waals surface area contributed by atoms with Crippen molar-refractivity contribution in [2.75, 3.05) is 55.1 Å². The second-order valence-corrected chi connectivity index (χ2v) is 10.8. The van der Waals surface area contributed by atoms with Gasteiger partial charge in [-0.3, -0.25) is 4.90 Å². The standard InChI is InChI=1S/C11H24N2O.C10H12O5.2C4H6O6/c1-9-8-13(6-5-12(3)4)10(2)7-11(9)14;1-13-7-4-6(10(11)12)5-8(14-2)9(7)15-3;2*5-1(3(7)8)2(6)4(9)10/h9-11,14H,5-8H2,1-4H3;4-5H,1-3H3,(H,11,12);2*1-2,5-6H,(H,7,8)(H,9,10). The Morgan fingerprint density at radius 1 is 0.755 bits per heavy atom. The van der Waals surface area contributed by atoms with Crippen molar-refractivity contribution in [3.05, 3.63) is 17.7 Å². The number of aliphatic hydroxyl groups excluding tert-OH is 5. The number of nitrogens with zero attached hydrogens (tertiary/aromatic N) is 2. The molecule has 2 rings (SSSR count). The summed E-state index contributed by atoms with van der Waals surface area (Å²) >= 11 is 0. The summed E-state index contributed by atoms with van der Waals surface area (Å²) in [7, 11) is 8.53. The van der Waals surface area contributed by atoms with Crippen molar-refractivity contribution in [1.82, 2.24) is 9.80 Å². The minimum atomic E-state index is -2.27. The number of piperidine rings is 1. The highest BCUT2D eigenvalue weighted by Crippen LogP contribution is 2.38. The fourth-order valence-electron chi connectivity index (χ4n) is 3.79. The summed E-state index contributed by atoms with van der Waals surface area (Å²) in [4.78, 5) is 54.6. The fourth-order valence-corrected chi connectivity index (χ4v) is 3.79. The van der Waals surface area contributed by atoms with Crippen molar-refractivity contribution >= 4 is 29.8 Å². The van der Waals surface area contributed by atoms with Gasteiger partial charge in [-0.25, -0.2) is 24.0 Å². The first-order valence-corrected chi connectivity index (χ1v) is 14.3. The van der Waals surface area contributed by atoms with Gasteiger partial charge in [0.1, 0.15) is 0 Å². The number of hydrogen-bond acceptors (Lipinski definition) is 15. The Balaban J connectivity index is 0. The molecule has 20 heteroatoms. The van der Waals surface area contributed by atoms with Crippen LogP contribution in [0.15, 0.2) is 12.1 Å². The maximum atomic E-state index is 10.8. The van der Waals surface area contributed by atoms with E-state index < -0.39 is 54.3 Å². The molecule has 0 saturated carbocycles. The normalized spacial score (nSPS) is 19.4. The topological polar surface area (TPSA) is 322 Å². The Kier molecular flexibility index (Phi) is 22.1. The molecule has 1 aliphatic heterocycles. The first kappa shape index (κ1) is 46.8. The van der Waals surface area contributed by atoms with E-state index in [4.69, 9.17) is 60.2 Å². The van der Waals surface area contributed by atoms with Gasteiger partial charge in [-0.1, -0.05) is 6.92 Å². The van der Waals surface area contributed by atoms with Crippen molar-refractivity contribution in [2.24, 2.45) is 5.92 Å². The molecule has 7 atom stereocenters. The third-order valence-electron chi connectivity index (χ3n) is 6.74. The number of hydrogen-bond donors (Lipinski definition) is 10. The summed E-state index contributed by atoms with van der Waals surface area (Å²) in [6.45, 7) is 7.61. The van der Waals surface area contributed by atoms with Crippen LogP contribution in [0.4, 0.5) is 0 Å². The number of likely N-dealkylation sites (tertiary alicyclic amines) is 1. The largest absolute Gasteiger partial charge is 0.493 e. The molecule has 7 unspecified atom stereocenters. The van der Waals surface area contributed by atoms with E-state index in [9.17, 15) is 29.1 Å². The molecule has 0 aliphatic carbocycles. The van der Waals surface area contributed by atoms with Crippen molar-refractivity contribution in [2.45, 2.75) is 56.8 Å². The lowest BCUT2D eigenvalue weighted by molar-refractivity contribution is -0.165. The van der Waals surface area contributed by atoms with Gasteiger partial charge in [-0.15, -0.1) is 0 Å². The lowest BCUT2D eigenvalue weighted by atomic mass is 9.92. The number of carboxylic acids is 5. The quantitative estimate of drug-likeness (QED) is 0.104. The summed E-state index contributed by atoms with van der Waals surface area (Å²) in [6, 6.07) is 3.29. The van der Waals surface area contributed by atoms with Crippen LogP contribution in [-0.4, -0.2) is 182 Å². The molecule has 49 heavy (non-hydrogen) atoms. The van der Waals surface area contributed by atoms with Crippen LogP contribution in [0.5, 0.6) is 17.2 Å². The molecule has 0 bridgehead atoms. The molecule has 1 fully saturated rings. The van der Waals surface area contributed by atoms with Gasteiger partial charge in [0.25, 0.3) is 0 Å². The van der Waals surface area contributed by atoms with Gasteiger partial charge in [0.05, 0.1) is 33.0 Å². The zero-order valence-electron chi connectivity index (χ0n) is 28.2. The third-order valence-corrected chi connectivity index (χ3v) is 6.74. The van der Waals surface area contributed by atoms with Crippen LogP contribution in [0.3, 0.4) is 0 Å². The molecular formula is C29H48N2O18. The Morgan fingerprint density at radius 3 is 1.39 bits per heavy atom. The summed E-state index contributed by atoms with van der Waals surface area (Å²) in [5.41, 5.74) is 0.0875. The number of aromatic carboxylic acids is 1. The van der Waals surface area contributed by atoms with Gasteiger partial charge in [0, 0.05) is 25.7 Å². The van der Waals surface area contributed by atoms with Gasteiger partial charge < -0.3 is 70.2 Å². The smallest absolute Gasteiger partial charge is 0.335 e. The van der Waals surface area contributed by atoms with E-state index in [-0.39, 0.29) is 11.7 Å². The van der Waals surface area contributed by atoms with E-state index in [1.54, 1.807) is 0 Å². The fraction of sp³-hybridized carbons (Fsp3) is 0.621. The number of likely N-dealkylation sites (N-methyl/N-ethyl adjacent to an activating group) is 1. The van der Waals surface area contributed by atoms with E-state index in [0.29, 0.717) is 29.2 Å². The van der Waals surface area contributed by atoms with Crippen molar-refractivity contribution in [3.63, 3.8) is 0 Å². The van der Waals surface area contributed by atoms with Crippen molar-refractivity contribution in [1.29, 1.82) is 0 Å². The average molecular weight is 713 g/mol. The lowest BCUT2D eigenvalue weighted by Crippen LogP contribution is -2.49. The second kappa shape index (κ2) is 23.1. The minimum Gasteiger partial charge on any atom is -0.493 e. The number of aliphatic carboxylic acids is 4. The average Bonchev–Trinajstić information content (AvgIpc) is 3.03. The summed E-state index contributed by atoms with van der Waals surface area (Å²) in [6.07, 6.45) is -8.24. The van der Waals surface area contributed by atoms with Crippen molar-refractivity contribution in [3.8, 4) is 17.2 Å². The van der Waals surface area contributed by atoms with Crippen LogP contribution in [-0.2, 0) is 19.2 Å². The third kappa shape index (κ3) is 17.1. The van der Waals surface area contributed by atoms with Crippen LogP contribution >= 0.6 is 0 Å². The second-order valence-electron chi connectivity index (χ2n) is 10.8. The van der Waals surface area contributed by atoms with Crippen LogP contribution < -0.4 is 14.2 Å². The molecule has 20 nitrogen and oxygen atoms in total. The highest BCUT2D eigenvalue weighted by Gasteiger charge is 2.31. The Labute approximate surface area is 281 Å². The minimum absolute atomic E-state index is 0.0875. The van der Waals surface area contributed by atoms with E-state index in [1.807, 2.05) is 0 Å². The first-order chi connectivity index (χ1) is 22.6. The molecule has 0 radical (unpaired) electrons. The molecule has 282 valence electrons. The zero-order valence-corrected chi connectivity index (χ0v) is 28.2. The number of carbonyl (C=O) groups is 5. The first-order valence-electron chi connectivity index (χ1n) is 14.3. The van der Waals surface area contributed by atoms with E-state index in [1.165, 1.54) is 33.5 Å². The Morgan fingerprint density at radius 2 is 1.12 bits per heavy atom. The highest BCUT2D eigenvalue weighted by molar-refractivity contribution is 5.89. The van der Waals surface area contributed by atoms with Gasteiger partial charge >= 0.3 is 29.8 Å². The SMILES string of the molecule is CC1CN(CCN(C)C)C(C)CC1O.COc1cc(C(=O)O)cc(OC)c1OC.O=C(O)C(O)C(O)C(=O)O.O=C(O)C(O)C(O)C(=O)O. The van der Waals surface area contributed by atoms with Crippen molar-refractivity contribution < 1.29 is 89.2 Å². The number of ether oxygens (including phenoxy) is 3. The van der Waals surface area contributed by atoms with Crippen LogP contribution in [0.1, 0.15) is 30.6 Å². The number of carboxylic acid groups (broad SMARTS) is 5. The number of rotatable bonds is 13. The summed E-state index contributed by atoms with van der Waals surface area (Å²) in [5, 5.41) is 83.6. The van der Waals surface area contributed by atoms with Crippen LogP contribution in [0, 0.1) is 5.92 Å². The molecule has 0 spiro atoms. The monoisotopic (exact) mass is 712 g/mol. The molecular weight excluding hydrogens is 664 g/mol. The van der Waals surface area contributed by atoms with Gasteiger partial charge in [0.15, 0.2) is 35.9 Å². The molecule has 0 aromatic heterocycles. The lowest BCUT2D eigenvalue weighted by Gasteiger charge is -2.40. The molecule has 1 aliphatic rings. The Bertz CT molecular complexity index is 1110. The maximum absolute atomic E-state index is 10.8. The van der Waals surface area contributed by atoms with E-state index in [0.717, 1.165) is 26.1 Å². The number of benzene rings is 1. The molecule has 10 N–H and O–H groups in total. The summed E-state index contributed by atoms with van der Waals surface area (Å²) < 4.78 is 15.1. The maximum Gasteiger partial charge on any atom is 0.335 e. The highest BCUT2D eigenvalue weighted by atomic mass is 16.5. The van der Waals surface area contributed by atoms with E-state index in [2.05, 4.69) is 37.7 Å². The van der Waals surface area contributed by atoms with Crippen LogP contribution in [0.25, 0.3) is 0 Å². The molecule has 1 heterocycles.